The predicted octanol–water partition coefficient (Wildman–Crippen LogP) is 3.54. The van der Waals surface area contributed by atoms with Gasteiger partial charge in [0.25, 0.3) is 0 Å². The number of hydrogen-bond acceptors (Lipinski definition) is 4. The molecule has 0 aliphatic carbocycles. The first-order chi connectivity index (χ1) is 12.6. The number of hydrogen-bond donors (Lipinski definition) is 2. The summed E-state index contributed by atoms with van der Waals surface area (Å²) in [6.07, 6.45) is -6.35. The number of likely N-dealkylation sites (N-methyl/N-ethyl adjacent to an activating group) is 1. The van der Waals surface area contributed by atoms with Gasteiger partial charge in [0.05, 0.1) is 12.7 Å². The fourth-order valence-corrected chi connectivity index (χ4v) is 1.84. The van der Waals surface area contributed by atoms with Gasteiger partial charge in [-0.25, -0.2) is 18.6 Å². The molecule has 1 heterocycles. The number of ether oxygens (including phenoxy) is 1. The highest BCUT2D eigenvalue weighted by Crippen LogP contribution is 2.23. The second kappa shape index (κ2) is 8.16. The molecule has 2 aromatic rings. The minimum atomic E-state index is -4.84. The maximum absolute atomic E-state index is 13.1. The fraction of sp³-hybridized carbons (Fsp3) is 0.250. The Hall–Kier alpha value is -2.95. The third-order valence-corrected chi connectivity index (χ3v) is 3.27. The predicted molar refractivity (Wildman–Crippen MR) is 84.4 cm³/mol. The van der Waals surface area contributed by atoms with E-state index in [2.05, 4.69) is 10.3 Å². The van der Waals surface area contributed by atoms with Gasteiger partial charge in [0.1, 0.15) is 17.3 Å². The number of anilines is 1. The fourth-order valence-electron chi connectivity index (χ4n) is 1.84. The van der Waals surface area contributed by atoms with Crippen LogP contribution in [0.5, 0.6) is 11.5 Å². The Bertz CT molecular complexity index is 799. The van der Waals surface area contributed by atoms with Crippen molar-refractivity contribution in [3.8, 4) is 11.5 Å². The summed E-state index contributed by atoms with van der Waals surface area (Å²) in [5.74, 6) is -1.94. The molecule has 146 valence electrons. The number of benzene rings is 1. The Kier molecular flexibility index (Phi) is 6.16. The van der Waals surface area contributed by atoms with Crippen molar-refractivity contribution < 1.29 is 36.6 Å². The van der Waals surface area contributed by atoms with Crippen LogP contribution >= 0.6 is 0 Å². The van der Waals surface area contributed by atoms with Crippen molar-refractivity contribution in [1.29, 1.82) is 0 Å². The molecule has 1 aromatic carbocycles. The maximum Gasteiger partial charge on any atom is 0.416 e. The van der Waals surface area contributed by atoms with Gasteiger partial charge in [0, 0.05) is 13.1 Å². The molecule has 2 amide bonds. The van der Waals surface area contributed by atoms with Gasteiger partial charge in [-0.3, -0.25) is 5.32 Å². The molecule has 2 N–H and O–H groups in total. The molecule has 0 spiro atoms. The lowest BCUT2D eigenvalue weighted by molar-refractivity contribution is -0.205. The van der Waals surface area contributed by atoms with Gasteiger partial charge in [-0.2, -0.15) is 13.2 Å². The van der Waals surface area contributed by atoms with E-state index in [9.17, 15) is 26.7 Å². The number of rotatable bonds is 5. The quantitative estimate of drug-likeness (QED) is 0.765. The molecule has 27 heavy (non-hydrogen) atoms. The Morgan fingerprint density at radius 3 is 2.44 bits per heavy atom. The molecule has 1 atom stereocenters. The van der Waals surface area contributed by atoms with Gasteiger partial charge in [-0.1, -0.05) is 0 Å². The molecular weight excluding hydrogens is 377 g/mol. The summed E-state index contributed by atoms with van der Waals surface area (Å²) < 4.78 is 68.1. The number of amides is 2. The molecule has 0 aliphatic heterocycles. The molecule has 0 aliphatic rings. The van der Waals surface area contributed by atoms with E-state index in [1.54, 1.807) is 0 Å². The second-order valence-corrected chi connectivity index (χ2v) is 5.43. The van der Waals surface area contributed by atoms with Crippen molar-refractivity contribution in [2.45, 2.75) is 12.3 Å². The van der Waals surface area contributed by atoms with Gasteiger partial charge in [0.15, 0.2) is 17.7 Å². The Balaban J connectivity index is 1.94. The largest absolute Gasteiger partial charge is 0.456 e. The van der Waals surface area contributed by atoms with Crippen LogP contribution in [0.1, 0.15) is 0 Å². The minimum absolute atomic E-state index is 0.00554. The Morgan fingerprint density at radius 1 is 1.22 bits per heavy atom. The van der Waals surface area contributed by atoms with Crippen LogP contribution in [0.15, 0.2) is 36.5 Å². The number of aliphatic hydroxyl groups is 1. The summed E-state index contributed by atoms with van der Waals surface area (Å²) in [5.41, 5.74) is 0. The highest BCUT2D eigenvalue weighted by molar-refractivity contribution is 5.88. The first-order valence-corrected chi connectivity index (χ1v) is 7.42. The van der Waals surface area contributed by atoms with Crippen LogP contribution in [0, 0.1) is 11.6 Å². The van der Waals surface area contributed by atoms with Crippen molar-refractivity contribution >= 4 is 11.8 Å². The third kappa shape index (κ3) is 5.78. The van der Waals surface area contributed by atoms with Crippen molar-refractivity contribution in [3.05, 3.63) is 48.2 Å². The standard InChI is InChI=1S/C16H14F5N3O3/c1-24(8-13(25)16(19,20)21)15(26)23-14-5-3-10(7-22-14)27-9-2-4-11(17)12(18)6-9/h2-7,13,25H,8H2,1H3,(H,22,23,26)/t13-/m0/s1. The van der Waals surface area contributed by atoms with Crippen LogP contribution in [0.2, 0.25) is 0 Å². The van der Waals surface area contributed by atoms with Crippen LogP contribution in [-0.4, -0.2) is 46.9 Å². The van der Waals surface area contributed by atoms with Crippen molar-refractivity contribution in [1.82, 2.24) is 9.88 Å². The summed E-state index contributed by atoms with van der Waals surface area (Å²) in [5, 5.41) is 11.2. The zero-order valence-corrected chi connectivity index (χ0v) is 13.8. The monoisotopic (exact) mass is 391 g/mol. The van der Waals surface area contributed by atoms with Gasteiger partial charge in [0.2, 0.25) is 0 Å². The number of halogens is 5. The summed E-state index contributed by atoms with van der Waals surface area (Å²) in [6, 6.07) is 4.66. The lowest BCUT2D eigenvalue weighted by atomic mass is 10.3. The van der Waals surface area contributed by atoms with E-state index in [0.717, 1.165) is 19.2 Å². The minimum Gasteiger partial charge on any atom is -0.456 e. The van der Waals surface area contributed by atoms with E-state index in [4.69, 9.17) is 9.84 Å². The average molecular weight is 391 g/mol. The first kappa shape index (κ1) is 20.4. The van der Waals surface area contributed by atoms with Crippen LogP contribution in [0.3, 0.4) is 0 Å². The molecule has 0 fully saturated rings. The molecule has 0 bridgehead atoms. The molecule has 0 saturated heterocycles. The number of aromatic nitrogens is 1. The summed E-state index contributed by atoms with van der Waals surface area (Å²) in [4.78, 5) is 16.3. The van der Waals surface area contributed by atoms with E-state index in [1.807, 2.05) is 0 Å². The number of carbonyl (C=O) groups excluding carboxylic acids is 1. The topological polar surface area (TPSA) is 74.7 Å². The van der Waals surface area contributed by atoms with Crippen LogP contribution < -0.4 is 10.1 Å². The molecule has 11 heteroatoms. The number of urea groups is 1. The first-order valence-electron chi connectivity index (χ1n) is 7.42. The Labute approximate surface area is 150 Å². The van der Waals surface area contributed by atoms with Gasteiger partial charge >= 0.3 is 12.2 Å². The molecular formula is C16H14F5N3O3. The van der Waals surface area contributed by atoms with Crippen LogP contribution in [-0.2, 0) is 0 Å². The van der Waals surface area contributed by atoms with Crippen molar-refractivity contribution in [2.75, 3.05) is 18.9 Å². The molecule has 0 unspecified atom stereocenters. The number of aliphatic hydroxyl groups excluding tert-OH is 1. The van der Waals surface area contributed by atoms with Crippen molar-refractivity contribution in [3.63, 3.8) is 0 Å². The van der Waals surface area contributed by atoms with Gasteiger partial charge in [-0.05, 0) is 24.3 Å². The van der Waals surface area contributed by atoms with Crippen molar-refractivity contribution in [2.24, 2.45) is 0 Å². The summed E-state index contributed by atoms with van der Waals surface area (Å²) >= 11 is 0. The van der Waals surface area contributed by atoms with Gasteiger partial charge in [-0.15, -0.1) is 0 Å². The summed E-state index contributed by atoms with van der Waals surface area (Å²) in [6.45, 7) is -0.952. The zero-order valence-electron chi connectivity index (χ0n) is 13.8. The lowest BCUT2D eigenvalue weighted by Gasteiger charge is -2.22. The molecule has 2 rings (SSSR count). The lowest BCUT2D eigenvalue weighted by Crippen LogP contribution is -2.43. The zero-order chi connectivity index (χ0) is 20.2. The number of carbonyl (C=O) groups is 1. The van der Waals surface area contributed by atoms with E-state index in [-0.39, 0.29) is 17.3 Å². The van der Waals surface area contributed by atoms with Crippen LogP contribution in [0.4, 0.5) is 32.6 Å². The number of pyridine rings is 1. The number of alkyl halides is 3. The number of nitrogens with zero attached hydrogens (tertiary/aromatic N) is 2. The normalized spacial score (nSPS) is 12.4. The highest BCUT2D eigenvalue weighted by atomic mass is 19.4. The van der Waals surface area contributed by atoms with E-state index in [1.165, 1.54) is 24.4 Å². The maximum atomic E-state index is 13.1. The number of nitrogens with one attached hydrogen (secondary N) is 1. The third-order valence-electron chi connectivity index (χ3n) is 3.27. The Morgan fingerprint density at radius 2 is 1.89 bits per heavy atom. The van der Waals surface area contributed by atoms with Crippen LogP contribution in [0.25, 0.3) is 0 Å². The van der Waals surface area contributed by atoms with E-state index in [0.29, 0.717) is 4.90 Å². The van der Waals surface area contributed by atoms with E-state index < -0.39 is 36.5 Å². The van der Waals surface area contributed by atoms with E-state index >= 15 is 0 Å². The molecule has 0 radical (unpaired) electrons. The summed E-state index contributed by atoms with van der Waals surface area (Å²) in [7, 11) is 1.07. The molecule has 1 aromatic heterocycles. The van der Waals surface area contributed by atoms with Gasteiger partial charge < -0.3 is 14.7 Å². The molecule has 0 saturated carbocycles. The SMILES string of the molecule is CN(C[C@H](O)C(F)(F)F)C(=O)Nc1ccc(Oc2ccc(F)c(F)c2)cn1. The second-order valence-electron chi connectivity index (χ2n) is 5.43. The highest BCUT2D eigenvalue weighted by Gasteiger charge is 2.39. The smallest absolute Gasteiger partial charge is 0.416 e. The molecule has 6 nitrogen and oxygen atoms in total. The average Bonchev–Trinajstić information content (AvgIpc) is 2.59.